The van der Waals surface area contributed by atoms with Crippen molar-refractivity contribution in [1.82, 2.24) is 0 Å². The molecule has 54 heavy (non-hydrogen) atoms. The molecule has 1 aliphatic heterocycles. The second kappa shape index (κ2) is 18.3. The van der Waals surface area contributed by atoms with E-state index in [2.05, 4.69) is 0 Å². The summed E-state index contributed by atoms with van der Waals surface area (Å²) >= 11 is 0. The van der Waals surface area contributed by atoms with Crippen molar-refractivity contribution in [3.05, 3.63) is 172 Å². The van der Waals surface area contributed by atoms with Crippen LogP contribution in [-0.2, 0) is 55.7 Å². The average molecular weight is 737 g/mol. The molecule has 0 radical (unpaired) electrons. The second-order valence-electron chi connectivity index (χ2n) is 13.6. The quantitative estimate of drug-likeness (QED) is 0.102. The molecule has 0 aliphatic carbocycles. The number of aliphatic hydroxyl groups excluding tert-OH is 2. The van der Waals surface area contributed by atoms with E-state index in [0.29, 0.717) is 18.6 Å². The molecular formula is C45H49FO8. The zero-order valence-corrected chi connectivity index (χ0v) is 31.0. The van der Waals surface area contributed by atoms with Crippen molar-refractivity contribution in [3.63, 3.8) is 0 Å². The molecule has 1 heterocycles. The standard InChI is InChI=1S/C45H49FO8/c1-4-50-40-23-21-36(25-39(40)46)24-37-26-38(22-20-32(37)2)45(49-3)43(53-29-35-18-12-7-13-19-35)41(51-27-33-14-8-5-9-15-33)42(44(30-47,31-48)54-45)52-28-34-16-10-6-11-17-34/h5-23,25-26,41-43,47-48H,4,24,27-31H2,1-3H3/t41-,42-,43+,45-/m0/s1. The van der Waals surface area contributed by atoms with Crippen LogP contribution in [-0.4, -0.2) is 61.1 Å². The van der Waals surface area contributed by atoms with Crippen LogP contribution in [0.5, 0.6) is 5.75 Å². The first-order valence-corrected chi connectivity index (χ1v) is 18.3. The lowest BCUT2D eigenvalue weighted by molar-refractivity contribution is -0.417. The predicted molar refractivity (Wildman–Crippen MR) is 203 cm³/mol. The first-order valence-electron chi connectivity index (χ1n) is 18.3. The molecule has 5 aromatic rings. The molecule has 6 rings (SSSR count). The fourth-order valence-corrected chi connectivity index (χ4v) is 7.02. The highest BCUT2D eigenvalue weighted by molar-refractivity contribution is 5.40. The maximum atomic E-state index is 15.0. The molecule has 0 amide bonds. The third kappa shape index (κ3) is 8.74. The van der Waals surface area contributed by atoms with Gasteiger partial charge >= 0.3 is 0 Å². The van der Waals surface area contributed by atoms with E-state index in [1.165, 1.54) is 13.2 Å². The molecule has 5 aromatic carbocycles. The first kappa shape index (κ1) is 39.2. The number of methoxy groups -OCH3 is 1. The van der Waals surface area contributed by atoms with Gasteiger partial charge in [0.15, 0.2) is 11.6 Å². The highest BCUT2D eigenvalue weighted by Gasteiger charge is 2.64. The van der Waals surface area contributed by atoms with E-state index in [-0.39, 0.29) is 25.6 Å². The molecule has 9 heteroatoms. The number of hydrogen-bond acceptors (Lipinski definition) is 8. The van der Waals surface area contributed by atoms with Crippen LogP contribution in [0.1, 0.15) is 45.9 Å². The minimum atomic E-state index is -1.72. The minimum Gasteiger partial charge on any atom is -0.491 e. The summed E-state index contributed by atoms with van der Waals surface area (Å²) in [5.74, 6) is -1.95. The molecule has 1 saturated heterocycles. The van der Waals surface area contributed by atoms with E-state index in [1.54, 1.807) is 6.07 Å². The summed E-state index contributed by atoms with van der Waals surface area (Å²) in [7, 11) is 1.51. The highest BCUT2D eigenvalue weighted by atomic mass is 19.1. The van der Waals surface area contributed by atoms with Crippen LogP contribution in [0, 0.1) is 12.7 Å². The van der Waals surface area contributed by atoms with E-state index < -0.39 is 48.7 Å². The summed E-state index contributed by atoms with van der Waals surface area (Å²) in [6.45, 7) is 3.43. The zero-order valence-electron chi connectivity index (χ0n) is 31.0. The SMILES string of the molecule is CCOc1ccc(Cc2cc([C@]3(OC)OC(CO)(CO)[C@@H](OCc4ccccc4)[C@H](OCc4ccccc4)[C@H]3OCc3ccccc3)ccc2C)cc1F. The number of aryl methyl sites for hydroxylation is 1. The molecule has 0 aromatic heterocycles. The monoisotopic (exact) mass is 736 g/mol. The molecule has 0 bridgehead atoms. The summed E-state index contributed by atoms with van der Waals surface area (Å²) in [6.07, 6.45) is -2.54. The topological polar surface area (TPSA) is 95.8 Å². The highest BCUT2D eigenvalue weighted by Crippen LogP contribution is 2.48. The van der Waals surface area contributed by atoms with Crippen molar-refractivity contribution in [3.8, 4) is 5.75 Å². The van der Waals surface area contributed by atoms with Crippen molar-refractivity contribution >= 4 is 0 Å². The van der Waals surface area contributed by atoms with E-state index >= 15 is 0 Å². The van der Waals surface area contributed by atoms with E-state index in [9.17, 15) is 14.6 Å². The Hall–Kier alpha value is -4.45. The van der Waals surface area contributed by atoms with Gasteiger partial charge in [-0.15, -0.1) is 0 Å². The van der Waals surface area contributed by atoms with Gasteiger partial charge in [0.2, 0.25) is 5.79 Å². The van der Waals surface area contributed by atoms with Gasteiger partial charge in [-0.2, -0.15) is 0 Å². The maximum absolute atomic E-state index is 15.0. The van der Waals surface area contributed by atoms with Crippen LogP contribution < -0.4 is 4.74 Å². The van der Waals surface area contributed by atoms with E-state index in [1.807, 2.05) is 129 Å². The molecule has 0 saturated carbocycles. The second-order valence-corrected chi connectivity index (χ2v) is 13.6. The number of aliphatic hydroxyl groups is 2. The lowest BCUT2D eigenvalue weighted by Gasteiger charge is -2.56. The van der Waals surface area contributed by atoms with Gasteiger partial charge < -0.3 is 38.6 Å². The number of benzene rings is 5. The number of rotatable bonds is 17. The van der Waals surface area contributed by atoms with Crippen LogP contribution in [0.25, 0.3) is 0 Å². The van der Waals surface area contributed by atoms with Crippen LogP contribution >= 0.6 is 0 Å². The van der Waals surface area contributed by atoms with E-state index in [4.69, 9.17) is 28.4 Å². The van der Waals surface area contributed by atoms with Crippen molar-refractivity contribution < 1.29 is 43.0 Å². The van der Waals surface area contributed by atoms with Gasteiger partial charge in [0, 0.05) is 12.7 Å². The summed E-state index contributed by atoms with van der Waals surface area (Å²) in [4.78, 5) is 0. The molecule has 1 fully saturated rings. The molecule has 1 aliphatic rings. The number of halogens is 1. The van der Waals surface area contributed by atoms with Crippen LogP contribution in [0.2, 0.25) is 0 Å². The zero-order chi connectivity index (χ0) is 38.0. The molecule has 8 nitrogen and oxygen atoms in total. The summed E-state index contributed by atoms with van der Waals surface area (Å²) in [5, 5.41) is 22.4. The summed E-state index contributed by atoms with van der Waals surface area (Å²) in [6, 6.07) is 39.9. The van der Waals surface area contributed by atoms with Gasteiger partial charge in [0.1, 0.15) is 23.9 Å². The van der Waals surface area contributed by atoms with Crippen LogP contribution in [0.15, 0.2) is 127 Å². The fourth-order valence-electron chi connectivity index (χ4n) is 7.02. The Morgan fingerprint density at radius 1 is 0.667 bits per heavy atom. The van der Waals surface area contributed by atoms with Gasteiger partial charge in [-0.3, -0.25) is 0 Å². The lowest BCUT2D eigenvalue weighted by atomic mass is 9.80. The number of hydrogen-bond donors (Lipinski definition) is 2. The van der Waals surface area contributed by atoms with Crippen molar-refractivity contribution in [2.45, 2.75) is 69.8 Å². The summed E-state index contributed by atoms with van der Waals surface area (Å²) < 4.78 is 54.1. The van der Waals surface area contributed by atoms with Gasteiger partial charge in [-0.05, 0) is 71.8 Å². The predicted octanol–water partition coefficient (Wildman–Crippen LogP) is 7.43. The Kier molecular flexibility index (Phi) is 13.3. The normalized spacial score (nSPS) is 20.8. The lowest BCUT2D eigenvalue weighted by Crippen LogP contribution is -2.72. The van der Waals surface area contributed by atoms with Gasteiger partial charge in [0.05, 0.1) is 39.6 Å². The number of ether oxygens (including phenoxy) is 6. The first-order chi connectivity index (χ1) is 26.3. The molecular weight excluding hydrogens is 687 g/mol. The molecule has 2 N–H and O–H groups in total. The van der Waals surface area contributed by atoms with E-state index in [0.717, 1.165) is 33.4 Å². The Labute approximate surface area is 317 Å². The van der Waals surface area contributed by atoms with Crippen molar-refractivity contribution in [2.75, 3.05) is 26.9 Å². The molecule has 0 unspecified atom stereocenters. The van der Waals surface area contributed by atoms with Crippen LogP contribution in [0.4, 0.5) is 4.39 Å². The van der Waals surface area contributed by atoms with Crippen molar-refractivity contribution in [1.29, 1.82) is 0 Å². The smallest absolute Gasteiger partial charge is 0.225 e. The Morgan fingerprint density at radius 3 is 1.74 bits per heavy atom. The fraction of sp³-hybridized carbons (Fsp3) is 0.333. The molecule has 284 valence electrons. The average Bonchev–Trinajstić information content (AvgIpc) is 3.21. The largest absolute Gasteiger partial charge is 0.491 e. The maximum Gasteiger partial charge on any atom is 0.225 e. The van der Waals surface area contributed by atoms with Gasteiger partial charge in [-0.25, -0.2) is 4.39 Å². The Balaban J connectivity index is 1.46. The Morgan fingerprint density at radius 2 is 1.22 bits per heavy atom. The third-order valence-corrected chi connectivity index (χ3v) is 9.96. The van der Waals surface area contributed by atoms with Crippen molar-refractivity contribution in [2.24, 2.45) is 0 Å². The Bertz CT molecular complexity index is 1900. The minimum absolute atomic E-state index is 0.153. The van der Waals surface area contributed by atoms with Gasteiger partial charge in [0.25, 0.3) is 0 Å². The van der Waals surface area contributed by atoms with Crippen LogP contribution in [0.3, 0.4) is 0 Å². The molecule has 4 atom stereocenters. The van der Waals surface area contributed by atoms with Gasteiger partial charge in [-0.1, -0.05) is 109 Å². The summed E-state index contributed by atoms with van der Waals surface area (Å²) in [5.41, 5.74) is 4.18. The molecule has 0 spiro atoms. The third-order valence-electron chi connectivity index (χ3n) is 9.96.